The number of anilines is 1. The molecule has 0 heterocycles. The maximum Gasteiger partial charge on any atom is 0.156 e. The van der Waals surface area contributed by atoms with Gasteiger partial charge in [0.05, 0.1) is 17.3 Å². The standard InChI is InChI=1S/C16H17BrClNO/c1-3-11-6-4-5-7-12(11)10-19-15-9-13(18)8-14(17)16(15)20-2/h4-9,19H,3,10H2,1-2H3. The first-order valence-electron chi connectivity index (χ1n) is 6.49. The second-order valence-corrected chi connectivity index (χ2v) is 5.74. The van der Waals surface area contributed by atoms with Gasteiger partial charge in [0.2, 0.25) is 0 Å². The van der Waals surface area contributed by atoms with Gasteiger partial charge in [-0.15, -0.1) is 0 Å². The molecule has 0 aliphatic heterocycles. The number of rotatable bonds is 5. The zero-order valence-corrected chi connectivity index (χ0v) is 13.9. The number of aryl methyl sites for hydroxylation is 1. The summed E-state index contributed by atoms with van der Waals surface area (Å²) < 4.78 is 6.25. The van der Waals surface area contributed by atoms with Crippen LogP contribution in [0.25, 0.3) is 0 Å². The van der Waals surface area contributed by atoms with Gasteiger partial charge in [-0.1, -0.05) is 42.8 Å². The molecule has 0 aromatic heterocycles. The zero-order chi connectivity index (χ0) is 14.5. The van der Waals surface area contributed by atoms with Gasteiger partial charge < -0.3 is 10.1 Å². The lowest BCUT2D eigenvalue weighted by Crippen LogP contribution is -2.04. The predicted molar refractivity (Wildman–Crippen MR) is 88.9 cm³/mol. The van der Waals surface area contributed by atoms with Crippen molar-refractivity contribution in [3.8, 4) is 5.75 Å². The van der Waals surface area contributed by atoms with Crippen molar-refractivity contribution in [2.24, 2.45) is 0 Å². The van der Waals surface area contributed by atoms with E-state index in [2.05, 4.69) is 52.4 Å². The normalized spacial score (nSPS) is 10.4. The molecule has 0 radical (unpaired) electrons. The second kappa shape index (κ2) is 7.00. The number of benzene rings is 2. The van der Waals surface area contributed by atoms with Crippen LogP contribution >= 0.6 is 27.5 Å². The third-order valence-electron chi connectivity index (χ3n) is 3.18. The summed E-state index contributed by atoms with van der Waals surface area (Å²) in [4.78, 5) is 0. The molecular weight excluding hydrogens is 338 g/mol. The van der Waals surface area contributed by atoms with E-state index in [0.29, 0.717) is 5.02 Å². The summed E-state index contributed by atoms with van der Waals surface area (Å²) in [6, 6.07) is 12.1. The van der Waals surface area contributed by atoms with E-state index >= 15 is 0 Å². The molecule has 0 aliphatic carbocycles. The Morgan fingerprint density at radius 3 is 2.55 bits per heavy atom. The molecular formula is C16H17BrClNO. The van der Waals surface area contributed by atoms with Gasteiger partial charge >= 0.3 is 0 Å². The molecule has 0 saturated heterocycles. The highest BCUT2D eigenvalue weighted by atomic mass is 79.9. The fourth-order valence-corrected chi connectivity index (χ4v) is 3.14. The minimum atomic E-state index is 0.670. The smallest absolute Gasteiger partial charge is 0.156 e. The fourth-order valence-electron chi connectivity index (χ4n) is 2.16. The van der Waals surface area contributed by atoms with Crippen molar-refractivity contribution in [3.63, 3.8) is 0 Å². The van der Waals surface area contributed by atoms with Crippen molar-refractivity contribution in [1.29, 1.82) is 0 Å². The van der Waals surface area contributed by atoms with Gasteiger partial charge in [0.15, 0.2) is 5.75 Å². The van der Waals surface area contributed by atoms with Gasteiger partial charge in [0.25, 0.3) is 0 Å². The van der Waals surface area contributed by atoms with Crippen molar-refractivity contribution in [2.75, 3.05) is 12.4 Å². The summed E-state index contributed by atoms with van der Waals surface area (Å²) in [5, 5.41) is 4.07. The molecule has 0 aliphatic rings. The van der Waals surface area contributed by atoms with Crippen LogP contribution in [0.5, 0.6) is 5.75 Å². The highest BCUT2D eigenvalue weighted by Crippen LogP contribution is 2.36. The maximum absolute atomic E-state index is 6.09. The van der Waals surface area contributed by atoms with Crippen molar-refractivity contribution in [2.45, 2.75) is 19.9 Å². The van der Waals surface area contributed by atoms with E-state index < -0.39 is 0 Å². The quantitative estimate of drug-likeness (QED) is 0.788. The molecule has 0 atom stereocenters. The molecule has 2 rings (SSSR count). The number of methoxy groups -OCH3 is 1. The lowest BCUT2D eigenvalue weighted by molar-refractivity contribution is 0.414. The summed E-state index contributed by atoms with van der Waals surface area (Å²) in [5.74, 6) is 0.767. The summed E-state index contributed by atoms with van der Waals surface area (Å²) >= 11 is 9.56. The minimum Gasteiger partial charge on any atom is -0.493 e. The van der Waals surface area contributed by atoms with E-state index in [1.165, 1.54) is 11.1 Å². The Morgan fingerprint density at radius 1 is 1.20 bits per heavy atom. The molecule has 0 amide bonds. The van der Waals surface area contributed by atoms with Crippen LogP contribution in [0, 0.1) is 0 Å². The minimum absolute atomic E-state index is 0.670. The average Bonchev–Trinajstić information content (AvgIpc) is 2.45. The third kappa shape index (κ3) is 3.47. The zero-order valence-electron chi connectivity index (χ0n) is 11.5. The second-order valence-electron chi connectivity index (χ2n) is 4.44. The molecule has 4 heteroatoms. The summed E-state index contributed by atoms with van der Waals surface area (Å²) in [6.07, 6.45) is 1.02. The molecule has 0 spiro atoms. The molecule has 106 valence electrons. The molecule has 0 saturated carbocycles. The Bertz CT molecular complexity index is 601. The Labute approximate surface area is 133 Å². The van der Waals surface area contributed by atoms with Gasteiger partial charge in [0, 0.05) is 11.6 Å². The maximum atomic E-state index is 6.09. The van der Waals surface area contributed by atoms with E-state index in [0.717, 1.165) is 28.9 Å². The van der Waals surface area contributed by atoms with Crippen molar-refractivity contribution in [3.05, 3.63) is 57.0 Å². The molecule has 0 unspecified atom stereocenters. The van der Waals surface area contributed by atoms with Gasteiger partial charge in [-0.05, 0) is 45.6 Å². The van der Waals surface area contributed by atoms with Crippen LogP contribution < -0.4 is 10.1 Å². The first-order valence-corrected chi connectivity index (χ1v) is 7.66. The van der Waals surface area contributed by atoms with Gasteiger partial charge in [0.1, 0.15) is 0 Å². The van der Waals surface area contributed by atoms with Gasteiger partial charge in [-0.3, -0.25) is 0 Å². The van der Waals surface area contributed by atoms with Gasteiger partial charge in [-0.25, -0.2) is 0 Å². The van der Waals surface area contributed by atoms with E-state index in [4.69, 9.17) is 16.3 Å². The summed E-state index contributed by atoms with van der Waals surface area (Å²) in [5.41, 5.74) is 3.52. The lowest BCUT2D eigenvalue weighted by Gasteiger charge is -2.15. The highest BCUT2D eigenvalue weighted by molar-refractivity contribution is 9.10. The number of hydrogen-bond donors (Lipinski definition) is 1. The number of halogens is 2. The van der Waals surface area contributed by atoms with Crippen LogP contribution in [0.2, 0.25) is 5.02 Å². The summed E-state index contributed by atoms with van der Waals surface area (Å²) in [6.45, 7) is 2.91. The lowest BCUT2D eigenvalue weighted by atomic mass is 10.1. The molecule has 0 bridgehead atoms. The first kappa shape index (κ1) is 15.2. The Hall–Kier alpha value is -1.19. The van der Waals surface area contributed by atoms with Crippen LogP contribution in [-0.2, 0) is 13.0 Å². The monoisotopic (exact) mass is 353 g/mol. The Kier molecular flexibility index (Phi) is 5.32. The van der Waals surface area contributed by atoms with Crippen molar-refractivity contribution in [1.82, 2.24) is 0 Å². The van der Waals surface area contributed by atoms with Crippen molar-refractivity contribution < 1.29 is 4.74 Å². The molecule has 2 aromatic rings. The number of nitrogens with one attached hydrogen (secondary N) is 1. The van der Waals surface area contributed by atoms with E-state index in [1.807, 2.05) is 12.1 Å². The van der Waals surface area contributed by atoms with Crippen LogP contribution in [0.15, 0.2) is 40.9 Å². The van der Waals surface area contributed by atoms with Crippen LogP contribution in [0.1, 0.15) is 18.1 Å². The fraction of sp³-hybridized carbons (Fsp3) is 0.250. The average molecular weight is 355 g/mol. The van der Waals surface area contributed by atoms with Gasteiger partial charge in [-0.2, -0.15) is 0 Å². The Morgan fingerprint density at radius 2 is 1.90 bits per heavy atom. The van der Waals surface area contributed by atoms with Crippen LogP contribution in [0.4, 0.5) is 5.69 Å². The predicted octanol–water partition coefficient (Wildman–Crippen LogP) is 5.29. The third-order valence-corrected chi connectivity index (χ3v) is 3.99. The van der Waals surface area contributed by atoms with E-state index in [9.17, 15) is 0 Å². The number of ether oxygens (including phenoxy) is 1. The molecule has 20 heavy (non-hydrogen) atoms. The molecule has 1 N–H and O–H groups in total. The SMILES string of the molecule is CCc1ccccc1CNc1cc(Cl)cc(Br)c1OC. The highest BCUT2D eigenvalue weighted by Gasteiger charge is 2.09. The van der Waals surface area contributed by atoms with Crippen molar-refractivity contribution >= 4 is 33.2 Å². The first-order chi connectivity index (χ1) is 9.65. The van der Waals surface area contributed by atoms with Crippen LogP contribution in [-0.4, -0.2) is 7.11 Å². The number of hydrogen-bond acceptors (Lipinski definition) is 2. The molecule has 0 fully saturated rings. The molecule has 2 nitrogen and oxygen atoms in total. The van der Waals surface area contributed by atoms with E-state index in [1.54, 1.807) is 7.11 Å². The molecule has 2 aromatic carbocycles. The largest absolute Gasteiger partial charge is 0.493 e. The Balaban J connectivity index is 2.22. The van der Waals surface area contributed by atoms with Crippen LogP contribution in [0.3, 0.4) is 0 Å². The summed E-state index contributed by atoms with van der Waals surface area (Å²) in [7, 11) is 1.65. The van der Waals surface area contributed by atoms with E-state index in [-0.39, 0.29) is 0 Å². The topological polar surface area (TPSA) is 21.3 Å².